The molecular formula is C9H11BrFNO2. The summed E-state index contributed by atoms with van der Waals surface area (Å²) in [4.78, 5) is 3.74. The van der Waals surface area contributed by atoms with Crippen molar-refractivity contribution in [1.29, 1.82) is 0 Å². The first-order valence-corrected chi connectivity index (χ1v) is 5.22. The number of halogens is 2. The van der Waals surface area contributed by atoms with Crippen LogP contribution in [0.1, 0.15) is 17.4 Å². The summed E-state index contributed by atoms with van der Waals surface area (Å²) < 4.78 is 12.7. The number of rotatable bonds is 3. The third kappa shape index (κ3) is 2.50. The molecule has 1 heterocycles. The summed E-state index contributed by atoms with van der Waals surface area (Å²) >= 11 is 3.04. The molecule has 2 atom stereocenters. The molecule has 0 fully saturated rings. The Morgan fingerprint density at radius 2 is 2.21 bits per heavy atom. The van der Waals surface area contributed by atoms with Crippen molar-refractivity contribution < 1.29 is 14.6 Å². The summed E-state index contributed by atoms with van der Waals surface area (Å²) in [6.07, 6.45) is -1.01. The second kappa shape index (κ2) is 4.82. The van der Waals surface area contributed by atoms with Crippen LogP contribution in [-0.2, 0) is 0 Å². The molecule has 0 radical (unpaired) electrons. The first kappa shape index (κ1) is 11.6. The average Bonchev–Trinajstić information content (AvgIpc) is 2.15. The number of aliphatic hydroxyl groups is 2. The maximum Gasteiger partial charge on any atom is 0.141 e. The largest absolute Gasteiger partial charge is 0.389 e. The van der Waals surface area contributed by atoms with Gasteiger partial charge in [-0.25, -0.2) is 4.39 Å². The fourth-order valence-corrected chi connectivity index (χ4v) is 1.48. The van der Waals surface area contributed by atoms with E-state index >= 15 is 0 Å². The van der Waals surface area contributed by atoms with E-state index in [1.165, 1.54) is 6.07 Å². The molecule has 0 spiro atoms. The number of alkyl halides is 1. The molecular weight excluding hydrogens is 253 g/mol. The van der Waals surface area contributed by atoms with Crippen LogP contribution in [0.4, 0.5) is 4.39 Å². The molecule has 0 saturated carbocycles. The third-order valence-electron chi connectivity index (χ3n) is 1.89. The zero-order chi connectivity index (χ0) is 10.7. The number of hydrogen-bond donors (Lipinski definition) is 2. The molecule has 1 rings (SSSR count). The highest BCUT2D eigenvalue weighted by atomic mass is 79.9. The Hall–Kier alpha value is -0.520. The molecule has 1 aromatic heterocycles. The van der Waals surface area contributed by atoms with Crippen LogP contribution in [-0.4, -0.2) is 26.6 Å². The van der Waals surface area contributed by atoms with Gasteiger partial charge in [-0.15, -0.1) is 0 Å². The first-order valence-electron chi connectivity index (χ1n) is 4.10. The number of nitrogens with zero attached hydrogens (tertiary/aromatic N) is 1. The second-order valence-corrected chi connectivity index (χ2v) is 3.67. The van der Waals surface area contributed by atoms with Gasteiger partial charge in [-0.05, 0) is 18.6 Å². The predicted octanol–water partition coefficient (Wildman–Crippen LogP) is 1.32. The van der Waals surface area contributed by atoms with Crippen molar-refractivity contribution in [2.45, 2.75) is 19.1 Å². The number of aromatic nitrogens is 1. The number of pyridine rings is 1. The Kier molecular flexibility index (Phi) is 3.97. The third-order valence-corrected chi connectivity index (χ3v) is 2.55. The van der Waals surface area contributed by atoms with Crippen molar-refractivity contribution in [1.82, 2.24) is 4.98 Å². The van der Waals surface area contributed by atoms with Crippen molar-refractivity contribution in [2.75, 3.05) is 5.33 Å². The van der Waals surface area contributed by atoms with Crippen molar-refractivity contribution in [2.24, 2.45) is 0 Å². The summed E-state index contributed by atoms with van der Waals surface area (Å²) in [6.45, 7) is 1.63. The lowest BCUT2D eigenvalue weighted by Crippen LogP contribution is -2.21. The van der Waals surface area contributed by atoms with Crippen molar-refractivity contribution in [3.63, 3.8) is 0 Å². The van der Waals surface area contributed by atoms with Crippen LogP contribution in [0.15, 0.2) is 12.3 Å². The lowest BCUT2D eigenvalue weighted by atomic mass is 10.1. The van der Waals surface area contributed by atoms with Crippen LogP contribution in [0, 0.1) is 12.7 Å². The molecule has 5 heteroatoms. The van der Waals surface area contributed by atoms with Crippen LogP contribution >= 0.6 is 15.9 Å². The standard InChI is InChI=1S/C9H11BrFNO2/c1-5-2-6(11)4-12-8(5)9(14)7(13)3-10/h2,4,7,9,13-14H,3H2,1H3. The summed E-state index contributed by atoms with van der Waals surface area (Å²) in [5, 5.41) is 19.2. The molecule has 78 valence electrons. The van der Waals surface area contributed by atoms with E-state index in [2.05, 4.69) is 20.9 Å². The van der Waals surface area contributed by atoms with E-state index in [9.17, 15) is 14.6 Å². The van der Waals surface area contributed by atoms with Gasteiger partial charge in [-0.1, -0.05) is 15.9 Å². The molecule has 0 bridgehead atoms. The quantitative estimate of drug-likeness (QED) is 0.809. The van der Waals surface area contributed by atoms with Gasteiger partial charge in [-0.3, -0.25) is 4.98 Å². The Morgan fingerprint density at radius 3 is 2.71 bits per heavy atom. The van der Waals surface area contributed by atoms with E-state index < -0.39 is 18.0 Å². The van der Waals surface area contributed by atoms with Crippen LogP contribution in [0.5, 0.6) is 0 Å². The van der Waals surface area contributed by atoms with E-state index in [1.807, 2.05) is 0 Å². The van der Waals surface area contributed by atoms with Gasteiger partial charge < -0.3 is 10.2 Å². The highest BCUT2D eigenvalue weighted by Gasteiger charge is 2.20. The van der Waals surface area contributed by atoms with E-state index in [4.69, 9.17) is 0 Å². The minimum atomic E-state index is -1.09. The van der Waals surface area contributed by atoms with Gasteiger partial charge in [0.1, 0.15) is 11.9 Å². The zero-order valence-electron chi connectivity index (χ0n) is 7.61. The summed E-state index contributed by atoms with van der Waals surface area (Å²) in [5.41, 5.74) is 0.829. The molecule has 14 heavy (non-hydrogen) atoms. The lowest BCUT2D eigenvalue weighted by Gasteiger charge is -2.16. The zero-order valence-corrected chi connectivity index (χ0v) is 9.20. The van der Waals surface area contributed by atoms with Gasteiger partial charge in [0.2, 0.25) is 0 Å². The average molecular weight is 264 g/mol. The topological polar surface area (TPSA) is 53.4 Å². The minimum Gasteiger partial charge on any atom is -0.389 e. The molecule has 2 N–H and O–H groups in total. The van der Waals surface area contributed by atoms with Gasteiger partial charge >= 0.3 is 0 Å². The molecule has 0 saturated heterocycles. The van der Waals surface area contributed by atoms with E-state index in [-0.39, 0.29) is 5.33 Å². The van der Waals surface area contributed by atoms with Crippen molar-refractivity contribution in [3.05, 3.63) is 29.3 Å². The normalized spacial score (nSPS) is 15.2. The molecule has 0 aliphatic rings. The van der Waals surface area contributed by atoms with E-state index in [0.29, 0.717) is 11.3 Å². The maximum atomic E-state index is 12.7. The maximum absolute atomic E-state index is 12.7. The van der Waals surface area contributed by atoms with Crippen LogP contribution < -0.4 is 0 Å². The van der Waals surface area contributed by atoms with Gasteiger partial charge in [0.25, 0.3) is 0 Å². The summed E-state index contributed by atoms with van der Waals surface area (Å²) in [6, 6.07) is 1.27. The predicted molar refractivity (Wildman–Crippen MR) is 53.7 cm³/mol. The summed E-state index contributed by atoms with van der Waals surface area (Å²) in [7, 11) is 0. The SMILES string of the molecule is Cc1cc(F)cnc1C(O)C(O)CBr. The number of aliphatic hydroxyl groups excluding tert-OH is 2. The lowest BCUT2D eigenvalue weighted by molar-refractivity contribution is 0.0310. The van der Waals surface area contributed by atoms with Crippen LogP contribution in [0.2, 0.25) is 0 Å². The van der Waals surface area contributed by atoms with E-state index in [1.54, 1.807) is 6.92 Å². The van der Waals surface area contributed by atoms with E-state index in [0.717, 1.165) is 6.20 Å². The smallest absolute Gasteiger partial charge is 0.141 e. The van der Waals surface area contributed by atoms with Crippen LogP contribution in [0.25, 0.3) is 0 Å². The highest BCUT2D eigenvalue weighted by Crippen LogP contribution is 2.19. The Bertz CT molecular complexity index is 322. The van der Waals surface area contributed by atoms with Crippen molar-refractivity contribution in [3.8, 4) is 0 Å². The Morgan fingerprint density at radius 1 is 1.57 bits per heavy atom. The second-order valence-electron chi connectivity index (χ2n) is 3.02. The molecule has 2 unspecified atom stereocenters. The molecule has 0 aliphatic carbocycles. The molecule has 0 amide bonds. The van der Waals surface area contributed by atoms with Crippen molar-refractivity contribution >= 4 is 15.9 Å². The van der Waals surface area contributed by atoms with Crippen LogP contribution in [0.3, 0.4) is 0 Å². The number of aryl methyl sites for hydroxylation is 1. The Balaban J connectivity index is 2.95. The molecule has 0 aliphatic heterocycles. The fourth-order valence-electron chi connectivity index (χ4n) is 1.13. The highest BCUT2D eigenvalue weighted by molar-refractivity contribution is 9.09. The monoisotopic (exact) mass is 263 g/mol. The molecule has 0 aromatic carbocycles. The Labute approximate surface area is 89.7 Å². The van der Waals surface area contributed by atoms with Gasteiger partial charge in [0.15, 0.2) is 0 Å². The fraction of sp³-hybridized carbons (Fsp3) is 0.444. The summed E-state index contributed by atoms with van der Waals surface area (Å²) in [5.74, 6) is -0.452. The minimum absolute atomic E-state index is 0.243. The number of hydrogen-bond acceptors (Lipinski definition) is 3. The van der Waals surface area contributed by atoms with Gasteiger partial charge in [0.05, 0.1) is 18.0 Å². The first-order chi connectivity index (χ1) is 6.56. The molecule has 3 nitrogen and oxygen atoms in total. The van der Waals surface area contributed by atoms with Gasteiger partial charge in [0, 0.05) is 5.33 Å². The van der Waals surface area contributed by atoms with Gasteiger partial charge in [-0.2, -0.15) is 0 Å². The molecule has 1 aromatic rings.